The van der Waals surface area contributed by atoms with Gasteiger partial charge in [-0.3, -0.25) is 0 Å². The Balaban J connectivity index is 2.21. The van der Waals surface area contributed by atoms with Gasteiger partial charge in [0.05, 0.1) is 12.7 Å². The highest BCUT2D eigenvalue weighted by atomic mass is 16.5. The minimum atomic E-state index is -0.580. The van der Waals surface area contributed by atoms with Crippen molar-refractivity contribution >= 4 is 0 Å². The molecular formula is C16H27NO4. The number of aryl methyl sites for hydroxylation is 2. The first-order valence-corrected chi connectivity index (χ1v) is 7.29. The van der Waals surface area contributed by atoms with E-state index in [4.69, 9.17) is 9.47 Å². The maximum atomic E-state index is 9.89. The molecule has 21 heavy (non-hydrogen) atoms. The molecule has 0 saturated heterocycles. The maximum Gasteiger partial charge on any atom is 0.125 e. The molecule has 0 spiro atoms. The number of aliphatic hydroxyl groups is 2. The van der Waals surface area contributed by atoms with Crippen LogP contribution in [-0.4, -0.2) is 55.8 Å². The van der Waals surface area contributed by atoms with Gasteiger partial charge in [0, 0.05) is 13.7 Å². The van der Waals surface area contributed by atoms with Gasteiger partial charge in [-0.25, -0.2) is 0 Å². The quantitative estimate of drug-likeness (QED) is 0.563. The summed E-state index contributed by atoms with van der Waals surface area (Å²) in [4.78, 5) is 0. The number of rotatable bonds is 10. The Labute approximate surface area is 126 Å². The third kappa shape index (κ3) is 6.91. The summed E-state index contributed by atoms with van der Waals surface area (Å²) < 4.78 is 10.5. The molecule has 5 nitrogen and oxygen atoms in total. The number of hydrogen-bond acceptors (Lipinski definition) is 5. The van der Waals surface area contributed by atoms with E-state index in [-0.39, 0.29) is 6.61 Å². The van der Waals surface area contributed by atoms with Crippen molar-refractivity contribution in [1.29, 1.82) is 0 Å². The second-order valence-electron chi connectivity index (χ2n) is 5.29. The zero-order chi connectivity index (χ0) is 15.7. The van der Waals surface area contributed by atoms with Gasteiger partial charge in [-0.1, -0.05) is 18.2 Å². The number of ether oxygens (including phenoxy) is 2. The van der Waals surface area contributed by atoms with Crippen LogP contribution in [0.3, 0.4) is 0 Å². The number of aliphatic hydroxyl groups excluding tert-OH is 2. The third-order valence-corrected chi connectivity index (χ3v) is 3.22. The number of nitrogens with one attached hydrogen (secondary N) is 1. The first-order chi connectivity index (χ1) is 10.0. The van der Waals surface area contributed by atoms with Gasteiger partial charge in [0.1, 0.15) is 18.5 Å². The Morgan fingerprint density at radius 2 is 1.76 bits per heavy atom. The largest absolute Gasteiger partial charge is 0.490 e. The summed E-state index contributed by atoms with van der Waals surface area (Å²) in [5.74, 6) is 0.840. The lowest BCUT2D eigenvalue weighted by Crippen LogP contribution is -2.33. The van der Waals surface area contributed by atoms with E-state index in [1.54, 1.807) is 7.11 Å². The molecule has 2 unspecified atom stereocenters. The molecule has 0 amide bonds. The molecule has 0 bridgehead atoms. The average Bonchev–Trinajstić information content (AvgIpc) is 2.43. The standard InChI is InChI=1S/C16H27NO4/c1-12-5-4-6-13(2)16(12)21-11-15(19)9-17-8-7-14(18)10-20-3/h4-6,14-15,17-19H,7-11H2,1-3H3. The highest BCUT2D eigenvalue weighted by Gasteiger charge is 2.09. The van der Waals surface area contributed by atoms with E-state index in [0.717, 1.165) is 16.9 Å². The minimum absolute atomic E-state index is 0.249. The first kappa shape index (κ1) is 17.9. The van der Waals surface area contributed by atoms with Crippen LogP contribution in [-0.2, 0) is 4.74 Å². The van der Waals surface area contributed by atoms with E-state index >= 15 is 0 Å². The molecule has 2 atom stereocenters. The number of para-hydroxylation sites is 1. The van der Waals surface area contributed by atoms with Gasteiger partial charge < -0.3 is 25.0 Å². The molecule has 0 fully saturated rings. The molecule has 0 radical (unpaired) electrons. The lowest BCUT2D eigenvalue weighted by molar-refractivity contribution is 0.0577. The predicted octanol–water partition coefficient (Wildman–Crippen LogP) is 1.03. The van der Waals surface area contributed by atoms with Crippen LogP contribution in [0.15, 0.2) is 18.2 Å². The van der Waals surface area contributed by atoms with Gasteiger partial charge in [-0.2, -0.15) is 0 Å². The van der Waals surface area contributed by atoms with E-state index in [0.29, 0.717) is 26.1 Å². The molecule has 0 aliphatic carbocycles. The van der Waals surface area contributed by atoms with Crippen LogP contribution in [0.25, 0.3) is 0 Å². The highest BCUT2D eigenvalue weighted by molar-refractivity contribution is 5.39. The zero-order valence-corrected chi connectivity index (χ0v) is 13.1. The third-order valence-electron chi connectivity index (χ3n) is 3.22. The normalized spacial score (nSPS) is 14.0. The summed E-state index contributed by atoms with van der Waals surface area (Å²) in [6.45, 7) is 5.63. The molecule has 0 heterocycles. The Morgan fingerprint density at radius 1 is 1.10 bits per heavy atom. The lowest BCUT2D eigenvalue weighted by atomic mass is 10.1. The van der Waals surface area contributed by atoms with Gasteiger partial charge in [-0.15, -0.1) is 0 Å². The van der Waals surface area contributed by atoms with Crippen molar-refractivity contribution in [1.82, 2.24) is 5.32 Å². The average molecular weight is 297 g/mol. The number of methoxy groups -OCH3 is 1. The molecule has 1 aromatic rings. The monoisotopic (exact) mass is 297 g/mol. The summed E-state index contributed by atoms with van der Waals surface area (Å²) in [5, 5.41) is 22.5. The molecule has 0 saturated carbocycles. The second-order valence-corrected chi connectivity index (χ2v) is 5.29. The van der Waals surface area contributed by atoms with Crippen molar-refractivity contribution in [3.05, 3.63) is 29.3 Å². The van der Waals surface area contributed by atoms with Crippen LogP contribution in [0.1, 0.15) is 17.5 Å². The summed E-state index contributed by atoms with van der Waals surface area (Å²) in [6.07, 6.45) is -0.452. The molecule has 0 aromatic heterocycles. The molecule has 5 heteroatoms. The smallest absolute Gasteiger partial charge is 0.125 e. The summed E-state index contributed by atoms with van der Waals surface area (Å²) in [7, 11) is 1.56. The van der Waals surface area contributed by atoms with Crippen molar-refractivity contribution in [2.24, 2.45) is 0 Å². The van der Waals surface area contributed by atoms with Crippen LogP contribution >= 0.6 is 0 Å². The van der Waals surface area contributed by atoms with Gasteiger partial charge in [0.2, 0.25) is 0 Å². The van der Waals surface area contributed by atoms with Crippen LogP contribution in [0.5, 0.6) is 5.75 Å². The Hall–Kier alpha value is -1.14. The fourth-order valence-corrected chi connectivity index (χ4v) is 2.08. The van der Waals surface area contributed by atoms with Crippen molar-refractivity contribution in [3.8, 4) is 5.75 Å². The van der Waals surface area contributed by atoms with Crippen LogP contribution in [0.2, 0.25) is 0 Å². The van der Waals surface area contributed by atoms with Crippen molar-refractivity contribution in [2.75, 3.05) is 33.4 Å². The molecule has 3 N–H and O–H groups in total. The maximum absolute atomic E-state index is 9.89. The van der Waals surface area contributed by atoms with Crippen molar-refractivity contribution in [3.63, 3.8) is 0 Å². The van der Waals surface area contributed by atoms with E-state index < -0.39 is 12.2 Å². The van der Waals surface area contributed by atoms with Gasteiger partial charge >= 0.3 is 0 Å². The lowest BCUT2D eigenvalue weighted by Gasteiger charge is -2.16. The highest BCUT2D eigenvalue weighted by Crippen LogP contribution is 2.22. The Bertz CT molecular complexity index is 391. The van der Waals surface area contributed by atoms with Crippen LogP contribution in [0, 0.1) is 13.8 Å². The van der Waals surface area contributed by atoms with E-state index in [1.165, 1.54) is 0 Å². The van der Waals surface area contributed by atoms with Crippen LogP contribution in [0.4, 0.5) is 0 Å². The number of benzene rings is 1. The zero-order valence-electron chi connectivity index (χ0n) is 13.1. The van der Waals surface area contributed by atoms with Crippen LogP contribution < -0.4 is 10.1 Å². The Kier molecular flexibility index (Phi) is 8.30. The van der Waals surface area contributed by atoms with E-state index in [9.17, 15) is 10.2 Å². The fraction of sp³-hybridized carbons (Fsp3) is 0.625. The Morgan fingerprint density at radius 3 is 2.38 bits per heavy atom. The van der Waals surface area contributed by atoms with Gasteiger partial charge in [-0.05, 0) is 37.9 Å². The molecule has 120 valence electrons. The molecule has 1 aromatic carbocycles. The van der Waals surface area contributed by atoms with E-state index in [1.807, 2.05) is 32.0 Å². The molecule has 0 aliphatic heterocycles. The minimum Gasteiger partial charge on any atom is -0.490 e. The SMILES string of the molecule is COCC(O)CCNCC(O)COc1c(C)cccc1C. The molecule has 0 aliphatic rings. The van der Waals surface area contributed by atoms with E-state index in [2.05, 4.69) is 5.32 Å². The summed E-state index contributed by atoms with van der Waals surface area (Å²) in [5.41, 5.74) is 2.13. The fourth-order valence-electron chi connectivity index (χ4n) is 2.08. The van der Waals surface area contributed by atoms with Gasteiger partial charge in [0.25, 0.3) is 0 Å². The predicted molar refractivity (Wildman–Crippen MR) is 82.8 cm³/mol. The van der Waals surface area contributed by atoms with Crippen molar-refractivity contribution in [2.45, 2.75) is 32.5 Å². The summed E-state index contributed by atoms with van der Waals surface area (Å²) >= 11 is 0. The molecule has 1 rings (SSSR count). The first-order valence-electron chi connectivity index (χ1n) is 7.29. The van der Waals surface area contributed by atoms with Gasteiger partial charge in [0.15, 0.2) is 0 Å². The molecular weight excluding hydrogens is 270 g/mol. The topological polar surface area (TPSA) is 71.0 Å². The van der Waals surface area contributed by atoms with Crippen molar-refractivity contribution < 1.29 is 19.7 Å². The second kappa shape index (κ2) is 9.73. The summed E-state index contributed by atoms with van der Waals surface area (Å²) in [6, 6.07) is 5.97. The number of hydrogen-bond donors (Lipinski definition) is 3.